The molecule has 1 fully saturated rings. The molecular formula is C7H12ClNO2. The Balaban J connectivity index is 2.09. The molecule has 0 spiro atoms. The molecule has 0 atom stereocenters. The van der Waals surface area contributed by atoms with E-state index in [2.05, 4.69) is 4.90 Å². The second-order valence-electron chi connectivity index (χ2n) is 2.56. The molecule has 0 radical (unpaired) electrons. The second kappa shape index (κ2) is 4.70. The molecule has 1 saturated heterocycles. The number of hydrogen-bond donors (Lipinski definition) is 0. The summed E-state index contributed by atoms with van der Waals surface area (Å²) in [5.41, 5.74) is 0. The minimum atomic E-state index is -0.253. The fourth-order valence-electron chi connectivity index (χ4n) is 1.07. The van der Waals surface area contributed by atoms with E-state index in [1.54, 1.807) is 0 Å². The fraction of sp³-hybridized carbons (Fsp3) is 0.857. The van der Waals surface area contributed by atoms with Gasteiger partial charge in [-0.05, 0) is 11.6 Å². The van der Waals surface area contributed by atoms with Crippen LogP contribution in [0.2, 0.25) is 0 Å². The largest absolute Gasteiger partial charge is 0.379 e. The van der Waals surface area contributed by atoms with Crippen LogP contribution < -0.4 is 0 Å². The molecule has 0 aromatic heterocycles. The smallest absolute Gasteiger partial charge is 0.222 e. The van der Waals surface area contributed by atoms with Gasteiger partial charge >= 0.3 is 0 Å². The van der Waals surface area contributed by atoms with Crippen molar-refractivity contribution in [2.75, 3.05) is 32.8 Å². The Labute approximate surface area is 71.3 Å². The first kappa shape index (κ1) is 8.97. The van der Waals surface area contributed by atoms with Crippen LogP contribution in [0, 0.1) is 0 Å². The lowest BCUT2D eigenvalue weighted by Gasteiger charge is -2.25. The first-order valence-electron chi connectivity index (χ1n) is 3.77. The molecule has 0 N–H and O–H groups in total. The van der Waals surface area contributed by atoms with Gasteiger partial charge in [-0.25, -0.2) is 0 Å². The van der Waals surface area contributed by atoms with E-state index in [0.29, 0.717) is 6.42 Å². The third kappa shape index (κ3) is 3.70. The summed E-state index contributed by atoms with van der Waals surface area (Å²) < 4.78 is 5.15. The number of hydrogen-bond acceptors (Lipinski definition) is 3. The third-order valence-electron chi connectivity index (χ3n) is 1.73. The summed E-state index contributed by atoms with van der Waals surface area (Å²) in [4.78, 5) is 12.6. The van der Waals surface area contributed by atoms with Gasteiger partial charge in [-0.3, -0.25) is 9.69 Å². The Kier molecular flexibility index (Phi) is 3.83. The van der Waals surface area contributed by atoms with Gasteiger partial charge in [-0.2, -0.15) is 0 Å². The summed E-state index contributed by atoms with van der Waals surface area (Å²) in [6, 6.07) is 0. The fourth-order valence-corrected chi connectivity index (χ4v) is 1.16. The van der Waals surface area contributed by atoms with E-state index >= 15 is 0 Å². The molecule has 0 saturated carbocycles. The maximum absolute atomic E-state index is 10.4. The molecule has 11 heavy (non-hydrogen) atoms. The number of carbonyl (C=O) groups excluding carboxylic acids is 1. The van der Waals surface area contributed by atoms with Gasteiger partial charge in [-0.1, -0.05) is 0 Å². The van der Waals surface area contributed by atoms with Crippen molar-refractivity contribution < 1.29 is 9.53 Å². The van der Waals surface area contributed by atoms with E-state index in [4.69, 9.17) is 16.3 Å². The van der Waals surface area contributed by atoms with Gasteiger partial charge in [-0.15, -0.1) is 0 Å². The first-order valence-corrected chi connectivity index (χ1v) is 4.15. The maximum Gasteiger partial charge on any atom is 0.222 e. The van der Waals surface area contributed by atoms with Crippen LogP contribution >= 0.6 is 11.6 Å². The van der Waals surface area contributed by atoms with Crippen molar-refractivity contribution in [3.8, 4) is 0 Å². The maximum atomic E-state index is 10.4. The van der Waals surface area contributed by atoms with Gasteiger partial charge in [0.05, 0.1) is 13.2 Å². The summed E-state index contributed by atoms with van der Waals surface area (Å²) in [6.45, 7) is 4.16. The number of nitrogens with zero attached hydrogens (tertiary/aromatic N) is 1. The molecule has 1 aliphatic rings. The predicted molar refractivity (Wildman–Crippen MR) is 42.7 cm³/mol. The molecule has 3 nitrogen and oxygen atoms in total. The monoisotopic (exact) mass is 177 g/mol. The normalized spacial score (nSPS) is 20.1. The van der Waals surface area contributed by atoms with Crippen molar-refractivity contribution in [2.45, 2.75) is 6.42 Å². The zero-order valence-corrected chi connectivity index (χ0v) is 7.14. The lowest BCUT2D eigenvalue weighted by atomic mass is 10.3. The van der Waals surface area contributed by atoms with E-state index in [9.17, 15) is 4.79 Å². The SMILES string of the molecule is O=C(Cl)CCN1CCOCC1. The van der Waals surface area contributed by atoms with Crippen molar-refractivity contribution in [1.29, 1.82) is 0 Å². The van der Waals surface area contributed by atoms with Crippen molar-refractivity contribution in [1.82, 2.24) is 4.90 Å². The minimum Gasteiger partial charge on any atom is -0.379 e. The molecule has 0 unspecified atom stereocenters. The van der Waals surface area contributed by atoms with E-state index < -0.39 is 0 Å². The van der Waals surface area contributed by atoms with Crippen molar-refractivity contribution in [3.63, 3.8) is 0 Å². The quantitative estimate of drug-likeness (QED) is 0.588. The third-order valence-corrected chi connectivity index (χ3v) is 1.92. The Morgan fingerprint density at radius 2 is 2.09 bits per heavy atom. The molecule has 0 aliphatic carbocycles. The predicted octanol–water partition coefficient (Wildman–Crippen LogP) is 0.474. The lowest BCUT2D eigenvalue weighted by Crippen LogP contribution is -2.37. The highest BCUT2D eigenvalue weighted by Gasteiger charge is 2.10. The Morgan fingerprint density at radius 1 is 1.45 bits per heavy atom. The molecule has 64 valence electrons. The summed E-state index contributed by atoms with van der Waals surface area (Å²) in [5, 5.41) is -0.253. The molecular weight excluding hydrogens is 166 g/mol. The zero-order chi connectivity index (χ0) is 8.10. The molecule has 1 rings (SSSR count). The van der Waals surface area contributed by atoms with Crippen LogP contribution in [0.3, 0.4) is 0 Å². The van der Waals surface area contributed by atoms with Gasteiger partial charge in [0.2, 0.25) is 5.24 Å². The van der Waals surface area contributed by atoms with E-state index in [0.717, 1.165) is 32.8 Å². The molecule has 1 aliphatic heterocycles. The van der Waals surface area contributed by atoms with Gasteiger partial charge < -0.3 is 4.74 Å². The molecule has 0 amide bonds. The summed E-state index contributed by atoms with van der Waals surface area (Å²) >= 11 is 5.20. The average Bonchev–Trinajstić information content (AvgIpc) is 2.03. The number of rotatable bonds is 3. The standard InChI is InChI=1S/C7H12ClNO2/c8-7(10)1-2-9-3-5-11-6-4-9/h1-6H2. The molecule has 4 heteroatoms. The highest BCUT2D eigenvalue weighted by Crippen LogP contribution is 1.99. The molecule has 1 heterocycles. The van der Waals surface area contributed by atoms with Crippen LogP contribution in [0.4, 0.5) is 0 Å². The van der Waals surface area contributed by atoms with E-state index in [1.165, 1.54) is 0 Å². The number of carbonyl (C=O) groups is 1. The van der Waals surface area contributed by atoms with Crippen LogP contribution in [0.5, 0.6) is 0 Å². The van der Waals surface area contributed by atoms with Crippen LogP contribution in [0.15, 0.2) is 0 Å². The first-order chi connectivity index (χ1) is 5.29. The Morgan fingerprint density at radius 3 is 2.64 bits per heavy atom. The topological polar surface area (TPSA) is 29.5 Å². The van der Waals surface area contributed by atoms with Crippen molar-refractivity contribution in [2.24, 2.45) is 0 Å². The second-order valence-corrected chi connectivity index (χ2v) is 2.98. The minimum absolute atomic E-state index is 0.253. The van der Waals surface area contributed by atoms with E-state index in [1.807, 2.05) is 0 Å². The highest BCUT2D eigenvalue weighted by atomic mass is 35.5. The zero-order valence-electron chi connectivity index (χ0n) is 6.38. The van der Waals surface area contributed by atoms with Crippen molar-refractivity contribution >= 4 is 16.8 Å². The lowest BCUT2D eigenvalue weighted by molar-refractivity contribution is -0.112. The van der Waals surface area contributed by atoms with E-state index in [-0.39, 0.29) is 5.24 Å². The molecule has 0 aromatic rings. The highest BCUT2D eigenvalue weighted by molar-refractivity contribution is 6.63. The number of ether oxygens (including phenoxy) is 1. The van der Waals surface area contributed by atoms with Crippen molar-refractivity contribution in [3.05, 3.63) is 0 Å². The summed E-state index contributed by atoms with van der Waals surface area (Å²) in [5.74, 6) is 0. The Hall–Kier alpha value is -0.120. The Bertz CT molecular complexity index is 134. The van der Waals surface area contributed by atoms with Crippen LogP contribution in [0.25, 0.3) is 0 Å². The van der Waals surface area contributed by atoms with Gasteiger partial charge in [0.1, 0.15) is 0 Å². The average molecular weight is 178 g/mol. The van der Waals surface area contributed by atoms with Gasteiger partial charge in [0.25, 0.3) is 0 Å². The summed E-state index contributed by atoms with van der Waals surface area (Å²) in [7, 11) is 0. The van der Waals surface area contributed by atoms with Crippen LogP contribution in [-0.2, 0) is 9.53 Å². The van der Waals surface area contributed by atoms with Crippen LogP contribution in [-0.4, -0.2) is 43.0 Å². The number of halogens is 1. The molecule has 0 bridgehead atoms. The molecule has 0 aromatic carbocycles. The van der Waals surface area contributed by atoms with Gasteiger partial charge in [0, 0.05) is 26.1 Å². The number of morpholine rings is 1. The summed E-state index contributed by atoms with van der Waals surface area (Å²) in [6.07, 6.45) is 0.446. The van der Waals surface area contributed by atoms with Crippen LogP contribution in [0.1, 0.15) is 6.42 Å². The van der Waals surface area contributed by atoms with Gasteiger partial charge in [0.15, 0.2) is 0 Å².